The summed E-state index contributed by atoms with van der Waals surface area (Å²) in [5.74, 6) is -0.805. The van der Waals surface area contributed by atoms with Gasteiger partial charge in [-0.1, -0.05) is 83.6 Å². The Labute approximate surface area is 177 Å². The van der Waals surface area contributed by atoms with E-state index < -0.39 is 20.4 Å². The highest BCUT2D eigenvalue weighted by atomic mass is 31.2. The van der Waals surface area contributed by atoms with Crippen molar-refractivity contribution in [3.63, 3.8) is 0 Å². The smallest absolute Gasteiger partial charge is 0.394 e. The summed E-state index contributed by atoms with van der Waals surface area (Å²) in [7, 11) is -4.49. The molecule has 0 spiro atoms. The van der Waals surface area contributed by atoms with Gasteiger partial charge in [0.1, 0.15) is 0 Å². The number of carbonyl (C=O) groups excluding carboxylic acids is 1. The van der Waals surface area contributed by atoms with Crippen LogP contribution in [0.2, 0.25) is 0 Å². The third-order valence-electron chi connectivity index (χ3n) is 5.04. The molecule has 0 aromatic heterocycles. The molecule has 0 saturated carbocycles. The second-order valence-electron chi connectivity index (χ2n) is 7.67. The summed E-state index contributed by atoms with van der Waals surface area (Å²) < 4.78 is 21.0. The van der Waals surface area contributed by atoms with Gasteiger partial charge in [0, 0.05) is 5.57 Å². The standard InChI is InChI=1S/C22H43O6P/c1-4-6-8-10-12-14-16-21(17-15-13-11-9-7-5-2)20(3)22(24)28-29(25,26)27-19-18-23/h23H,4-19H2,1-3H3,(H,25,26). The number of carbonyl (C=O) groups is 1. The first kappa shape index (κ1) is 28.3. The molecule has 0 saturated heterocycles. The summed E-state index contributed by atoms with van der Waals surface area (Å²) in [5, 5.41) is 8.70. The molecule has 0 heterocycles. The van der Waals surface area contributed by atoms with Crippen molar-refractivity contribution < 1.29 is 28.4 Å². The normalized spacial score (nSPS) is 13.1. The molecule has 0 aliphatic rings. The molecule has 0 amide bonds. The molecule has 0 fully saturated rings. The molecule has 172 valence electrons. The molecule has 29 heavy (non-hydrogen) atoms. The molecule has 0 radical (unpaired) electrons. The monoisotopic (exact) mass is 434 g/mol. The lowest BCUT2D eigenvalue weighted by Gasteiger charge is -2.15. The number of hydrogen-bond donors (Lipinski definition) is 2. The number of aliphatic hydroxyl groups excluding tert-OH is 1. The summed E-state index contributed by atoms with van der Waals surface area (Å²) in [6, 6.07) is 0. The van der Waals surface area contributed by atoms with Gasteiger partial charge in [-0.15, -0.1) is 0 Å². The fraction of sp³-hybridized carbons (Fsp3) is 0.864. The highest BCUT2D eigenvalue weighted by Gasteiger charge is 2.27. The first-order chi connectivity index (χ1) is 13.9. The summed E-state index contributed by atoms with van der Waals surface area (Å²) in [6.45, 7) is 5.28. The highest BCUT2D eigenvalue weighted by molar-refractivity contribution is 7.48. The number of unbranched alkanes of at least 4 members (excludes halogenated alkanes) is 10. The van der Waals surface area contributed by atoms with Crippen LogP contribution in [-0.2, 0) is 18.4 Å². The van der Waals surface area contributed by atoms with E-state index in [0.29, 0.717) is 5.57 Å². The highest BCUT2D eigenvalue weighted by Crippen LogP contribution is 2.44. The Bertz CT molecular complexity index is 486. The van der Waals surface area contributed by atoms with E-state index in [0.717, 1.165) is 44.1 Å². The second kappa shape index (κ2) is 18.1. The van der Waals surface area contributed by atoms with Gasteiger partial charge in [0.2, 0.25) is 0 Å². The third-order valence-corrected chi connectivity index (χ3v) is 5.95. The van der Waals surface area contributed by atoms with Gasteiger partial charge in [0.25, 0.3) is 0 Å². The third kappa shape index (κ3) is 15.8. The Morgan fingerprint density at radius 3 is 1.72 bits per heavy atom. The van der Waals surface area contributed by atoms with E-state index >= 15 is 0 Å². The number of aliphatic hydroxyl groups is 1. The van der Waals surface area contributed by atoms with Crippen LogP contribution in [0.4, 0.5) is 0 Å². The maximum absolute atomic E-state index is 12.4. The zero-order valence-corrected chi connectivity index (χ0v) is 19.7. The van der Waals surface area contributed by atoms with Crippen LogP contribution in [0, 0.1) is 0 Å². The predicted molar refractivity (Wildman–Crippen MR) is 118 cm³/mol. The van der Waals surface area contributed by atoms with Gasteiger partial charge < -0.3 is 9.63 Å². The largest absolute Gasteiger partial charge is 0.529 e. The lowest BCUT2D eigenvalue weighted by Crippen LogP contribution is -2.09. The zero-order valence-electron chi connectivity index (χ0n) is 18.8. The Morgan fingerprint density at radius 2 is 1.28 bits per heavy atom. The maximum atomic E-state index is 12.4. The van der Waals surface area contributed by atoms with Crippen LogP contribution < -0.4 is 0 Å². The van der Waals surface area contributed by atoms with Crippen LogP contribution in [0.15, 0.2) is 11.1 Å². The predicted octanol–water partition coefficient (Wildman–Crippen LogP) is 6.46. The minimum absolute atomic E-state index is 0.355. The van der Waals surface area contributed by atoms with Crippen LogP contribution >= 0.6 is 7.82 Å². The van der Waals surface area contributed by atoms with E-state index in [1.807, 2.05) is 0 Å². The van der Waals surface area contributed by atoms with Gasteiger partial charge in [0.15, 0.2) is 0 Å². The van der Waals surface area contributed by atoms with Crippen LogP contribution in [0.5, 0.6) is 0 Å². The van der Waals surface area contributed by atoms with Gasteiger partial charge in [-0.05, 0) is 32.6 Å². The van der Waals surface area contributed by atoms with Crippen LogP contribution in [-0.4, -0.2) is 29.2 Å². The van der Waals surface area contributed by atoms with Crippen molar-refractivity contribution >= 4 is 13.8 Å². The maximum Gasteiger partial charge on any atom is 0.529 e. The SMILES string of the molecule is CCCCCCCCC(CCCCCCCC)=C(C)C(=O)OP(=O)(O)OCCO. The molecular weight excluding hydrogens is 391 g/mol. The molecule has 0 aliphatic heterocycles. The molecule has 7 heteroatoms. The topological polar surface area (TPSA) is 93.1 Å². The van der Waals surface area contributed by atoms with Crippen LogP contribution in [0.3, 0.4) is 0 Å². The van der Waals surface area contributed by atoms with Crippen molar-refractivity contribution in [1.29, 1.82) is 0 Å². The zero-order chi connectivity index (χ0) is 22.0. The Kier molecular flexibility index (Phi) is 17.7. The number of rotatable bonds is 19. The molecule has 0 aromatic rings. The summed E-state index contributed by atoms with van der Waals surface area (Å²) >= 11 is 0. The Balaban J connectivity index is 4.77. The van der Waals surface area contributed by atoms with Gasteiger partial charge in [-0.25, -0.2) is 9.36 Å². The fourth-order valence-corrected chi connectivity index (χ4v) is 3.95. The van der Waals surface area contributed by atoms with Crippen LogP contribution in [0.25, 0.3) is 0 Å². The summed E-state index contributed by atoms with van der Waals surface area (Å²) in [4.78, 5) is 22.0. The van der Waals surface area contributed by atoms with E-state index in [1.165, 1.54) is 51.4 Å². The van der Waals surface area contributed by atoms with E-state index in [2.05, 4.69) is 22.9 Å². The molecule has 1 atom stereocenters. The number of phosphoric acid groups is 1. The second-order valence-corrected chi connectivity index (χ2v) is 9.05. The van der Waals surface area contributed by atoms with Gasteiger partial charge in [-0.2, -0.15) is 0 Å². The molecule has 0 aromatic carbocycles. The van der Waals surface area contributed by atoms with Crippen molar-refractivity contribution in [1.82, 2.24) is 0 Å². The lowest BCUT2D eigenvalue weighted by atomic mass is 9.96. The summed E-state index contributed by atoms with van der Waals surface area (Å²) in [5.41, 5.74) is 1.43. The molecule has 1 unspecified atom stereocenters. The average molecular weight is 435 g/mol. The van der Waals surface area contributed by atoms with Gasteiger partial charge in [-0.3, -0.25) is 9.42 Å². The van der Waals surface area contributed by atoms with Crippen molar-refractivity contribution in [2.75, 3.05) is 13.2 Å². The minimum atomic E-state index is -4.49. The number of hydrogen-bond acceptors (Lipinski definition) is 5. The van der Waals surface area contributed by atoms with Gasteiger partial charge in [0.05, 0.1) is 13.2 Å². The van der Waals surface area contributed by atoms with Crippen molar-refractivity contribution in [2.24, 2.45) is 0 Å². The molecule has 2 N–H and O–H groups in total. The molecule has 0 rings (SSSR count). The van der Waals surface area contributed by atoms with E-state index in [9.17, 15) is 14.3 Å². The first-order valence-corrected chi connectivity index (χ1v) is 12.9. The van der Waals surface area contributed by atoms with E-state index in [1.54, 1.807) is 6.92 Å². The van der Waals surface area contributed by atoms with Crippen molar-refractivity contribution in [2.45, 2.75) is 111 Å². The first-order valence-electron chi connectivity index (χ1n) is 11.4. The quantitative estimate of drug-likeness (QED) is 0.138. The molecule has 0 aliphatic carbocycles. The molecule has 0 bridgehead atoms. The van der Waals surface area contributed by atoms with E-state index in [-0.39, 0.29) is 6.61 Å². The van der Waals surface area contributed by atoms with Crippen molar-refractivity contribution in [3.05, 3.63) is 11.1 Å². The van der Waals surface area contributed by atoms with Crippen molar-refractivity contribution in [3.8, 4) is 0 Å². The van der Waals surface area contributed by atoms with Gasteiger partial charge >= 0.3 is 13.8 Å². The average Bonchev–Trinajstić information content (AvgIpc) is 2.69. The fourth-order valence-electron chi connectivity index (χ4n) is 3.24. The van der Waals surface area contributed by atoms with Crippen LogP contribution in [0.1, 0.15) is 111 Å². The summed E-state index contributed by atoms with van der Waals surface area (Å²) in [6.07, 6.45) is 15.7. The Hall–Kier alpha value is -0.680. The Morgan fingerprint density at radius 1 is 0.828 bits per heavy atom. The molecular formula is C22H43O6P. The number of phosphoric ester groups is 1. The lowest BCUT2D eigenvalue weighted by molar-refractivity contribution is -0.131. The number of allylic oxidation sites excluding steroid dienone is 1. The van der Waals surface area contributed by atoms with E-state index in [4.69, 9.17) is 5.11 Å². The minimum Gasteiger partial charge on any atom is -0.394 e. The molecule has 6 nitrogen and oxygen atoms in total.